The second kappa shape index (κ2) is 15.8. The number of imidazole rings is 1. The van der Waals surface area contributed by atoms with Crippen LogP contribution in [0.1, 0.15) is 52.4 Å². The van der Waals surface area contributed by atoms with E-state index in [1.54, 1.807) is 58.2 Å². The summed E-state index contributed by atoms with van der Waals surface area (Å²) in [5.41, 5.74) is -0.311. The molecule has 0 aliphatic rings. The van der Waals surface area contributed by atoms with Crippen LogP contribution in [0.25, 0.3) is 11.3 Å². The number of aromatic nitrogens is 2. The summed E-state index contributed by atoms with van der Waals surface area (Å²) < 4.78 is 18.1. The Hall–Kier alpha value is -4.10. The number of carbonyl (C=O) groups excluding carboxylic acids is 2. The number of methoxy groups -OCH3 is 1. The SMILES string of the molecule is C=CC[C@H](NC(=O)OC(C)(C)C)c1nc(-c2ccc(NC(=O)OC)cc2NC(C)(CC=C)C(=O)O)cn1COCC[Si](C)(C)C. The van der Waals surface area contributed by atoms with Crippen molar-refractivity contribution < 1.29 is 33.7 Å². The van der Waals surface area contributed by atoms with E-state index in [9.17, 15) is 19.5 Å². The highest BCUT2D eigenvalue weighted by atomic mass is 28.3. The van der Waals surface area contributed by atoms with E-state index < -0.39 is 43.4 Å². The number of hydrogen-bond acceptors (Lipinski definition) is 8. The molecule has 1 aromatic carbocycles. The van der Waals surface area contributed by atoms with Gasteiger partial charge in [-0.05, 0) is 64.8 Å². The fraction of sp³-hybridized carbons (Fsp3) is 0.500. The Bertz CT molecular complexity index is 1360. The zero-order chi connectivity index (χ0) is 34.0. The van der Waals surface area contributed by atoms with Crippen molar-refractivity contribution >= 4 is 37.6 Å². The number of amides is 2. The van der Waals surface area contributed by atoms with E-state index in [1.165, 1.54) is 13.2 Å². The first-order valence-electron chi connectivity index (χ1n) is 14.8. The Balaban J connectivity index is 2.67. The second-order valence-corrected chi connectivity index (χ2v) is 18.8. The van der Waals surface area contributed by atoms with Crippen molar-refractivity contribution in [3.63, 3.8) is 0 Å². The molecular formula is C32H49N5O7Si. The number of nitrogens with one attached hydrogen (secondary N) is 3. The molecule has 0 fully saturated rings. The van der Waals surface area contributed by atoms with Crippen molar-refractivity contribution in [2.24, 2.45) is 0 Å². The van der Waals surface area contributed by atoms with E-state index >= 15 is 0 Å². The predicted molar refractivity (Wildman–Crippen MR) is 179 cm³/mol. The third-order valence-electron chi connectivity index (χ3n) is 6.60. The average molecular weight is 644 g/mol. The standard InChI is InChI=1S/C32H49N5O7Si/c1-11-13-24(35-30(41)44-31(3,4)5)27-34-26(20-37(27)21-43-17-18-45(8,9)10)23-15-14-22(33-29(40)42-7)19-25(23)36-32(6,16-12-2)28(38)39/h11-12,14-15,19-20,24,36H,1-2,13,16-18,21H2,3-10H3,(H,33,40)(H,35,41)(H,38,39)/t24-,32?/m0/s1. The molecule has 0 saturated heterocycles. The zero-order valence-corrected chi connectivity index (χ0v) is 28.8. The van der Waals surface area contributed by atoms with Crippen LogP contribution in [-0.2, 0) is 25.7 Å². The summed E-state index contributed by atoms with van der Waals surface area (Å²) in [6, 6.07) is 5.35. The van der Waals surface area contributed by atoms with Gasteiger partial charge in [-0.1, -0.05) is 31.8 Å². The van der Waals surface area contributed by atoms with Crippen LogP contribution in [0.15, 0.2) is 49.7 Å². The van der Waals surface area contributed by atoms with Gasteiger partial charge in [0.1, 0.15) is 23.7 Å². The summed E-state index contributed by atoms with van der Waals surface area (Å²) in [7, 11) is -0.0917. The lowest BCUT2D eigenvalue weighted by atomic mass is 9.96. The third kappa shape index (κ3) is 11.7. The van der Waals surface area contributed by atoms with E-state index in [2.05, 4.69) is 48.7 Å². The topological polar surface area (TPSA) is 153 Å². The zero-order valence-electron chi connectivity index (χ0n) is 27.8. The van der Waals surface area contributed by atoms with Gasteiger partial charge in [0.25, 0.3) is 0 Å². The molecule has 0 bridgehead atoms. The van der Waals surface area contributed by atoms with Gasteiger partial charge in [-0.15, -0.1) is 13.2 Å². The number of anilines is 2. The minimum atomic E-state index is -1.42. The number of carboxylic acid groups (broad SMARTS) is 1. The molecule has 0 spiro atoms. The number of carboxylic acids is 1. The lowest BCUT2D eigenvalue weighted by molar-refractivity contribution is -0.141. The minimum Gasteiger partial charge on any atom is -0.480 e. The monoisotopic (exact) mass is 643 g/mol. The van der Waals surface area contributed by atoms with Gasteiger partial charge in [0.05, 0.1) is 18.8 Å². The molecule has 1 heterocycles. The molecule has 45 heavy (non-hydrogen) atoms. The molecule has 2 amide bonds. The van der Waals surface area contributed by atoms with Crippen LogP contribution in [0, 0.1) is 0 Å². The molecule has 13 heteroatoms. The van der Waals surface area contributed by atoms with Crippen LogP contribution < -0.4 is 16.0 Å². The average Bonchev–Trinajstić information content (AvgIpc) is 3.33. The Kier molecular flexibility index (Phi) is 13.0. The smallest absolute Gasteiger partial charge is 0.411 e. The van der Waals surface area contributed by atoms with Crippen molar-refractivity contribution in [1.29, 1.82) is 0 Å². The van der Waals surface area contributed by atoms with Gasteiger partial charge in [-0.3, -0.25) is 5.32 Å². The second-order valence-electron chi connectivity index (χ2n) is 13.2. The summed E-state index contributed by atoms with van der Waals surface area (Å²) in [6.45, 7) is 22.0. The Morgan fingerprint density at radius 1 is 1.11 bits per heavy atom. The summed E-state index contributed by atoms with van der Waals surface area (Å²) >= 11 is 0. The van der Waals surface area contributed by atoms with Gasteiger partial charge in [-0.2, -0.15) is 0 Å². The molecule has 12 nitrogen and oxygen atoms in total. The third-order valence-corrected chi connectivity index (χ3v) is 8.31. The molecule has 2 rings (SSSR count). The van der Waals surface area contributed by atoms with Gasteiger partial charge in [0.15, 0.2) is 0 Å². The number of carbonyl (C=O) groups is 3. The molecule has 1 unspecified atom stereocenters. The molecule has 0 aliphatic carbocycles. The molecule has 0 saturated carbocycles. The van der Waals surface area contributed by atoms with Crippen molar-refractivity contribution in [1.82, 2.24) is 14.9 Å². The van der Waals surface area contributed by atoms with E-state index in [4.69, 9.17) is 19.2 Å². The molecule has 0 radical (unpaired) electrons. The van der Waals surface area contributed by atoms with Crippen LogP contribution >= 0.6 is 0 Å². The molecule has 2 aromatic rings. The molecule has 1 aromatic heterocycles. The maximum atomic E-state index is 12.8. The number of alkyl carbamates (subject to hydrolysis) is 1. The van der Waals surface area contributed by atoms with E-state index in [1.807, 2.05) is 4.57 Å². The van der Waals surface area contributed by atoms with Gasteiger partial charge in [0, 0.05) is 37.8 Å². The highest BCUT2D eigenvalue weighted by Crippen LogP contribution is 2.34. The molecule has 248 valence electrons. The van der Waals surface area contributed by atoms with Gasteiger partial charge < -0.3 is 34.5 Å². The van der Waals surface area contributed by atoms with Crippen molar-refractivity contribution in [2.75, 3.05) is 24.4 Å². The van der Waals surface area contributed by atoms with E-state index in [0.717, 1.165) is 6.04 Å². The van der Waals surface area contributed by atoms with Gasteiger partial charge in [-0.25, -0.2) is 19.4 Å². The molecule has 2 atom stereocenters. The fourth-order valence-electron chi connectivity index (χ4n) is 4.22. The number of hydrogen-bond donors (Lipinski definition) is 4. The van der Waals surface area contributed by atoms with E-state index in [0.29, 0.717) is 41.5 Å². The van der Waals surface area contributed by atoms with Crippen molar-refractivity contribution in [3.8, 4) is 11.3 Å². The first-order chi connectivity index (χ1) is 20.9. The maximum Gasteiger partial charge on any atom is 0.411 e. The number of aliphatic carboxylic acids is 1. The van der Waals surface area contributed by atoms with Crippen LogP contribution in [0.2, 0.25) is 25.7 Å². The maximum absolute atomic E-state index is 12.8. The first kappa shape index (κ1) is 37.1. The summed E-state index contributed by atoms with van der Waals surface area (Å²) in [5.74, 6) is -0.590. The lowest BCUT2D eigenvalue weighted by Gasteiger charge is -2.27. The van der Waals surface area contributed by atoms with Crippen LogP contribution in [0.4, 0.5) is 21.0 Å². The summed E-state index contributed by atoms with van der Waals surface area (Å²) in [5, 5.41) is 18.7. The van der Waals surface area contributed by atoms with E-state index in [-0.39, 0.29) is 13.2 Å². The number of ether oxygens (including phenoxy) is 3. The highest BCUT2D eigenvalue weighted by Gasteiger charge is 2.33. The largest absolute Gasteiger partial charge is 0.480 e. The van der Waals surface area contributed by atoms with Gasteiger partial charge >= 0.3 is 18.2 Å². The van der Waals surface area contributed by atoms with Crippen molar-refractivity contribution in [3.05, 3.63) is 55.5 Å². The van der Waals surface area contributed by atoms with Crippen LogP contribution in [0.5, 0.6) is 0 Å². The fourth-order valence-corrected chi connectivity index (χ4v) is 4.98. The first-order valence-corrected chi connectivity index (χ1v) is 18.5. The van der Waals surface area contributed by atoms with Crippen LogP contribution in [-0.4, -0.2) is 65.7 Å². The van der Waals surface area contributed by atoms with Gasteiger partial charge in [0.2, 0.25) is 0 Å². The summed E-state index contributed by atoms with van der Waals surface area (Å²) in [6.07, 6.45) is 4.17. The lowest BCUT2D eigenvalue weighted by Crippen LogP contribution is -2.43. The highest BCUT2D eigenvalue weighted by molar-refractivity contribution is 6.76. The molecular weight excluding hydrogens is 594 g/mol. The quantitative estimate of drug-likeness (QED) is 0.0859. The summed E-state index contributed by atoms with van der Waals surface area (Å²) in [4.78, 5) is 42.0. The Labute approximate surface area is 267 Å². The minimum absolute atomic E-state index is 0.113. The number of nitrogens with zero attached hydrogens (tertiary/aromatic N) is 2. The number of benzene rings is 1. The van der Waals surface area contributed by atoms with Crippen LogP contribution in [0.3, 0.4) is 0 Å². The Morgan fingerprint density at radius 3 is 2.36 bits per heavy atom. The predicted octanol–water partition coefficient (Wildman–Crippen LogP) is 7.01. The molecule has 4 N–H and O–H groups in total. The normalized spacial score (nSPS) is 13.6. The molecule has 0 aliphatic heterocycles. The Morgan fingerprint density at radius 2 is 1.80 bits per heavy atom. The number of rotatable bonds is 16. The van der Waals surface area contributed by atoms with Crippen molar-refractivity contribution in [2.45, 2.75) is 90.1 Å².